The number of fused-ring (bicyclic) bond motifs is 2. The van der Waals surface area contributed by atoms with Gasteiger partial charge in [0.2, 0.25) is 0 Å². The van der Waals surface area contributed by atoms with Gasteiger partial charge < -0.3 is 14.8 Å². The first-order chi connectivity index (χ1) is 16.5. The van der Waals surface area contributed by atoms with Gasteiger partial charge in [0.1, 0.15) is 18.1 Å². The topological polar surface area (TPSA) is 121 Å². The average molecular weight is 483 g/mol. The third kappa shape index (κ3) is 4.22. The number of piperazine rings is 1. The minimum Gasteiger partial charge on any atom is -0.486 e. The molecule has 1 fully saturated rings. The maximum atomic E-state index is 12.6. The van der Waals surface area contributed by atoms with Crippen LogP contribution in [0.3, 0.4) is 0 Å². The molecule has 2 aromatic rings. The lowest BCUT2D eigenvalue weighted by atomic mass is 9.92. The predicted octanol–water partition coefficient (Wildman–Crippen LogP) is 1.73. The first-order valence-corrected chi connectivity index (χ1v) is 12.9. The third-order valence-electron chi connectivity index (χ3n) is 6.53. The van der Waals surface area contributed by atoms with E-state index in [9.17, 15) is 18.5 Å². The highest BCUT2D eigenvalue weighted by Crippen LogP contribution is 2.38. The SMILES string of the molecule is N#Cc1cc(CCCC(c2cccc3c2C(=O)NS3(=O)=O)N2CCNCC2)c2c(c1)OCCO2. The van der Waals surface area contributed by atoms with Crippen LogP contribution >= 0.6 is 0 Å². The van der Waals surface area contributed by atoms with Crippen molar-refractivity contribution in [2.45, 2.75) is 30.2 Å². The molecule has 1 unspecified atom stereocenters. The van der Waals surface area contributed by atoms with E-state index in [0.29, 0.717) is 36.7 Å². The van der Waals surface area contributed by atoms with Crippen LogP contribution in [0.1, 0.15) is 45.9 Å². The van der Waals surface area contributed by atoms with Crippen LogP contribution in [-0.2, 0) is 16.4 Å². The fourth-order valence-corrected chi connectivity index (χ4v) is 6.20. The number of rotatable bonds is 6. The van der Waals surface area contributed by atoms with Crippen molar-refractivity contribution in [3.05, 3.63) is 52.6 Å². The van der Waals surface area contributed by atoms with Crippen LogP contribution in [0.5, 0.6) is 11.5 Å². The van der Waals surface area contributed by atoms with E-state index < -0.39 is 15.9 Å². The van der Waals surface area contributed by atoms with Gasteiger partial charge in [0.25, 0.3) is 15.9 Å². The average Bonchev–Trinajstić information content (AvgIpc) is 3.10. The molecule has 9 nitrogen and oxygen atoms in total. The van der Waals surface area contributed by atoms with Crippen molar-refractivity contribution in [2.24, 2.45) is 0 Å². The lowest BCUT2D eigenvalue weighted by molar-refractivity contribution is 0.0979. The standard InChI is InChI=1S/C24H26N4O5S/c25-15-16-13-17(23-20(14-16)32-11-12-33-23)3-1-5-19(28-9-7-26-8-10-28)18-4-2-6-21-22(18)24(29)27-34(21,30)31/h2,4,6,13-14,19,26H,1,3,5,7-12H2,(H,27,29). The Labute approximate surface area is 198 Å². The predicted molar refractivity (Wildman–Crippen MR) is 123 cm³/mol. The Morgan fingerprint density at radius 1 is 1.15 bits per heavy atom. The van der Waals surface area contributed by atoms with E-state index in [1.165, 1.54) is 6.07 Å². The van der Waals surface area contributed by atoms with E-state index in [1.807, 2.05) is 12.1 Å². The Bertz CT molecular complexity index is 1260. The van der Waals surface area contributed by atoms with Gasteiger partial charge in [0, 0.05) is 38.3 Å². The van der Waals surface area contributed by atoms with Crippen molar-refractivity contribution in [2.75, 3.05) is 39.4 Å². The molecule has 1 amide bonds. The fraction of sp³-hybridized carbons (Fsp3) is 0.417. The second-order valence-corrected chi connectivity index (χ2v) is 10.3. The summed E-state index contributed by atoms with van der Waals surface area (Å²) in [4.78, 5) is 15.0. The van der Waals surface area contributed by atoms with Crippen molar-refractivity contribution in [3.8, 4) is 17.6 Å². The number of hydrogen-bond donors (Lipinski definition) is 2. The molecule has 3 heterocycles. The molecule has 3 aliphatic rings. The van der Waals surface area contributed by atoms with Crippen LogP contribution in [-0.4, -0.2) is 58.6 Å². The van der Waals surface area contributed by atoms with E-state index in [-0.39, 0.29) is 16.5 Å². The molecule has 2 N–H and O–H groups in total. The highest BCUT2D eigenvalue weighted by atomic mass is 32.2. The van der Waals surface area contributed by atoms with Crippen molar-refractivity contribution in [3.63, 3.8) is 0 Å². The molecule has 0 aliphatic carbocycles. The molecular weight excluding hydrogens is 456 g/mol. The minimum atomic E-state index is -3.81. The second-order valence-electron chi connectivity index (χ2n) is 8.62. The van der Waals surface area contributed by atoms with E-state index >= 15 is 0 Å². The summed E-state index contributed by atoms with van der Waals surface area (Å²) in [5, 5.41) is 12.8. The number of ether oxygens (including phenoxy) is 2. The molecule has 0 bridgehead atoms. The Kier molecular flexibility index (Phi) is 6.16. The number of amides is 1. The summed E-state index contributed by atoms with van der Waals surface area (Å²) in [5.74, 6) is 0.726. The number of hydrogen-bond acceptors (Lipinski definition) is 8. The van der Waals surface area contributed by atoms with Crippen LogP contribution in [0, 0.1) is 11.3 Å². The van der Waals surface area contributed by atoms with Gasteiger partial charge >= 0.3 is 0 Å². The van der Waals surface area contributed by atoms with Crippen molar-refractivity contribution in [1.82, 2.24) is 14.9 Å². The lowest BCUT2D eigenvalue weighted by Gasteiger charge is -2.36. The van der Waals surface area contributed by atoms with Crippen molar-refractivity contribution < 1.29 is 22.7 Å². The summed E-state index contributed by atoms with van der Waals surface area (Å²) in [7, 11) is -3.81. The number of carbonyl (C=O) groups excluding carboxylic acids is 1. The summed E-state index contributed by atoms with van der Waals surface area (Å²) in [5.41, 5.74) is 2.45. The Morgan fingerprint density at radius 2 is 1.94 bits per heavy atom. The van der Waals surface area contributed by atoms with Crippen LogP contribution in [0.4, 0.5) is 0 Å². The summed E-state index contributed by atoms with van der Waals surface area (Å²) in [6.45, 7) is 4.20. The van der Waals surface area contributed by atoms with E-state index in [1.54, 1.807) is 12.1 Å². The van der Waals surface area contributed by atoms with Crippen LogP contribution in [0.2, 0.25) is 0 Å². The number of benzene rings is 2. The molecule has 3 aliphatic heterocycles. The summed E-state index contributed by atoms with van der Waals surface area (Å²) in [6, 6.07) is 10.7. The molecule has 10 heteroatoms. The molecular formula is C24H26N4O5S. The fourth-order valence-electron chi connectivity index (χ4n) is 5.01. The monoisotopic (exact) mass is 482 g/mol. The van der Waals surface area contributed by atoms with Gasteiger partial charge in [0.05, 0.1) is 17.2 Å². The second kappa shape index (κ2) is 9.25. The molecule has 0 aromatic heterocycles. The van der Waals surface area contributed by atoms with Gasteiger partial charge in [-0.05, 0) is 42.5 Å². The van der Waals surface area contributed by atoms with Gasteiger partial charge in [-0.15, -0.1) is 0 Å². The molecule has 178 valence electrons. The molecule has 0 radical (unpaired) electrons. The van der Waals surface area contributed by atoms with Gasteiger partial charge in [-0.3, -0.25) is 9.69 Å². The normalized spacial score (nSPS) is 19.7. The van der Waals surface area contributed by atoms with Crippen LogP contribution in [0.15, 0.2) is 35.2 Å². The maximum Gasteiger partial charge on any atom is 0.266 e. The molecule has 2 aromatic carbocycles. The van der Waals surface area contributed by atoms with Crippen molar-refractivity contribution in [1.29, 1.82) is 5.26 Å². The first-order valence-electron chi connectivity index (χ1n) is 11.5. The number of carbonyl (C=O) groups is 1. The third-order valence-corrected chi connectivity index (χ3v) is 7.90. The maximum absolute atomic E-state index is 12.6. The molecule has 34 heavy (non-hydrogen) atoms. The zero-order valence-electron chi connectivity index (χ0n) is 18.7. The largest absolute Gasteiger partial charge is 0.486 e. The lowest BCUT2D eigenvalue weighted by Crippen LogP contribution is -2.45. The summed E-state index contributed by atoms with van der Waals surface area (Å²) in [6.07, 6.45) is 2.15. The zero-order chi connectivity index (χ0) is 23.7. The van der Waals surface area contributed by atoms with Gasteiger partial charge in [-0.25, -0.2) is 13.1 Å². The number of sulfonamides is 1. The van der Waals surface area contributed by atoms with Gasteiger partial charge in [0.15, 0.2) is 11.5 Å². The summed E-state index contributed by atoms with van der Waals surface area (Å²) < 4.78 is 38.5. The van der Waals surface area contributed by atoms with Crippen molar-refractivity contribution >= 4 is 15.9 Å². The Morgan fingerprint density at radius 3 is 2.74 bits per heavy atom. The Balaban J connectivity index is 1.43. The molecule has 1 atom stereocenters. The molecule has 1 saturated heterocycles. The van der Waals surface area contributed by atoms with Gasteiger partial charge in [-0.1, -0.05) is 12.1 Å². The van der Waals surface area contributed by atoms with E-state index in [0.717, 1.165) is 50.1 Å². The van der Waals surface area contributed by atoms with E-state index in [4.69, 9.17) is 9.47 Å². The molecule has 0 saturated carbocycles. The summed E-state index contributed by atoms with van der Waals surface area (Å²) >= 11 is 0. The number of nitrogens with zero attached hydrogens (tertiary/aromatic N) is 2. The first kappa shape index (κ1) is 22.7. The highest BCUT2D eigenvalue weighted by molar-refractivity contribution is 7.90. The van der Waals surface area contributed by atoms with Crippen LogP contribution in [0.25, 0.3) is 0 Å². The smallest absolute Gasteiger partial charge is 0.266 e. The molecule has 5 rings (SSSR count). The van der Waals surface area contributed by atoms with Crippen LogP contribution < -0.4 is 19.5 Å². The number of nitriles is 1. The van der Waals surface area contributed by atoms with E-state index in [2.05, 4.69) is 21.0 Å². The number of aryl methyl sites for hydroxylation is 1. The molecule has 0 spiro atoms. The number of nitrogens with one attached hydrogen (secondary N) is 2. The quantitative estimate of drug-likeness (QED) is 0.639. The highest BCUT2D eigenvalue weighted by Gasteiger charge is 2.37. The Hall–Kier alpha value is -3.13. The zero-order valence-corrected chi connectivity index (χ0v) is 19.5. The van der Waals surface area contributed by atoms with Gasteiger partial charge in [-0.2, -0.15) is 5.26 Å². The minimum absolute atomic E-state index is 0.0523.